The quantitative estimate of drug-likeness (QED) is 0.496. The van der Waals surface area contributed by atoms with Gasteiger partial charge in [-0.05, 0) is 34.4 Å². The third-order valence-corrected chi connectivity index (χ3v) is 6.89. The molecule has 182 valence electrons. The fraction of sp³-hybridized carbons (Fsp3) is 0.423. The van der Waals surface area contributed by atoms with Crippen LogP contribution in [-0.2, 0) is 14.3 Å². The molecule has 8 heteroatoms. The van der Waals surface area contributed by atoms with E-state index in [9.17, 15) is 19.5 Å². The van der Waals surface area contributed by atoms with Crippen molar-refractivity contribution in [1.29, 1.82) is 0 Å². The van der Waals surface area contributed by atoms with Gasteiger partial charge in [0.05, 0.1) is 0 Å². The minimum absolute atomic E-state index is 0.0824. The van der Waals surface area contributed by atoms with E-state index in [2.05, 4.69) is 17.4 Å². The van der Waals surface area contributed by atoms with Gasteiger partial charge in [-0.1, -0.05) is 68.8 Å². The van der Waals surface area contributed by atoms with Crippen molar-refractivity contribution in [3.05, 3.63) is 59.7 Å². The third-order valence-electron chi connectivity index (χ3n) is 6.30. The van der Waals surface area contributed by atoms with E-state index in [1.54, 1.807) is 0 Å². The Bertz CT molecular complexity index is 982. The number of nitrogens with zero attached hydrogens (tertiary/aromatic N) is 1. The highest BCUT2D eigenvalue weighted by Crippen LogP contribution is 2.44. The van der Waals surface area contributed by atoms with E-state index in [-0.39, 0.29) is 18.4 Å². The van der Waals surface area contributed by atoms with Crippen molar-refractivity contribution in [2.45, 2.75) is 32.2 Å². The van der Waals surface area contributed by atoms with Crippen molar-refractivity contribution in [2.75, 3.05) is 31.7 Å². The number of hydrogen-bond donors (Lipinski definition) is 2. The molecule has 1 aliphatic carbocycles. The predicted molar refractivity (Wildman–Crippen MR) is 134 cm³/mol. The minimum Gasteiger partial charge on any atom is -0.480 e. The van der Waals surface area contributed by atoms with Crippen LogP contribution in [0.4, 0.5) is 4.79 Å². The average Bonchev–Trinajstić information content (AvgIpc) is 3.16. The van der Waals surface area contributed by atoms with E-state index < -0.39 is 30.6 Å². The van der Waals surface area contributed by atoms with Gasteiger partial charge in [0.25, 0.3) is 0 Å². The Morgan fingerprint density at radius 2 is 1.68 bits per heavy atom. The van der Waals surface area contributed by atoms with E-state index in [0.29, 0.717) is 18.7 Å². The first-order valence-electron chi connectivity index (χ1n) is 11.5. The van der Waals surface area contributed by atoms with Gasteiger partial charge in [0, 0.05) is 18.2 Å². The summed E-state index contributed by atoms with van der Waals surface area (Å²) in [7, 11) is 0. The van der Waals surface area contributed by atoms with Crippen LogP contribution in [0.5, 0.6) is 0 Å². The van der Waals surface area contributed by atoms with Crippen LogP contribution < -0.4 is 5.32 Å². The lowest BCUT2D eigenvalue weighted by Gasteiger charge is -2.29. The highest BCUT2D eigenvalue weighted by molar-refractivity contribution is 7.98. The number of carbonyl (C=O) groups excluding carboxylic acids is 2. The molecular weight excluding hydrogens is 452 g/mol. The number of thioether (sulfide) groups is 1. The summed E-state index contributed by atoms with van der Waals surface area (Å²) in [6, 6.07) is 15.3. The van der Waals surface area contributed by atoms with Crippen LogP contribution in [0.2, 0.25) is 0 Å². The number of hydrogen-bond acceptors (Lipinski definition) is 5. The summed E-state index contributed by atoms with van der Waals surface area (Å²) in [6.07, 6.45) is 1.86. The second kappa shape index (κ2) is 11.9. The molecule has 0 bridgehead atoms. The molecule has 0 saturated carbocycles. The molecule has 1 unspecified atom stereocenters. The van der Waals surface area contributed by atoms with Crippen LogP contribution >= 0.6 is 11.8 Å². The van der Waals surface area contributed by atoms with Crippen LogP contribution in [0.3, 0.4) is 0 Å². The number of benzene rings is 2. The third kappa shape index (κ3) is 5.91. The van der Waals surface area contributed by atoms with Gasteiger partial charge in [-0.15, -0.1) is 0 Å². The first-order valence-corrected chi connectivity index (χ1v) is 12.9. The van der Waals surface area contributed by atoms with Gasteiger partial charge in [0.2, 0.25) is 5.91 Å². The minimum atomic E-state index is -1.08. The number of nitrogens with one attached hydrogen (secondary N) is 1. The van der Waals surface area contributed by atoms with Crippen molar-refractivity contribution < 1.29 is 24.2 Å². The smallest absolute Gasteiger partial charge is 0.407 e. The van der Waals surface area contributed by atoms with Crippen LogP contribution in [0.15, 0.2) is 48.5 Å². The first-order chi connectivity index (χ1) is 16.4. The second-order valence-corrected chi connectivity index (χ2v) is 9.47. The Labute approximate surface area is 204 Å². The molecular formula is C26H32N2O5S. The highest BCUT2D eigenvalue weighted by atomic mass is 32.2. The van der Waals surface area contributed by atoms with Gasteiger partial charge in [0.1, 0.15) is 19.2 Å². The molecule has 0 fully saturated rings. The average molecular weight is 485 g/mol. The number of carboxylic acid groups (broad SMARTS) is 1. The zero-order valence-electron chi connectivity index (χ0n) is 19.8. The van der Waals surface area contributed by atoms with Crippen LogP contribution in [0, 0.1) is 5.92 Å². The zero-order chi connectivity index (χ0) is 24.7. The molecule has 0 heterocycles. The SMILES string of the molecule is CCC(C)[C@H](NC(=O)OCC1c2ccccc2-c2ccccc21)C(=O)N(CCSC)CC(=O)O. The summed E-state index contributed by atoms with van der Waals surface area (Å²) in [5, 5.41) is 12.0. The molecule has 2 aromatic rings. The number of rotatable bonds is 11. The summed E-state index contributed by atoms with van der Waals surface area (Å²) in [5.74, 6) is -1.14. The topological polar surface area (TPSA) is 95.9 Å². The maximum atomic E-state index is 13.2. The summed E-state index contributed by atoms with van der Waals surface area (Å²) < 4.78 is 5.62. The lowest BCUT2D eigenvalue weighted by molar-refractivity contribution is -0.145. The second-order valence-electron chi connectivity index (χ2n) is 8.48. The summed E-state index contributed by atoms with van der Waals surface area (Å²) in [5.41, 5.74) is 4.49. The Hall–Kier alpha value is -3.00. The maximum Gasteiger partial charge on any atom is 0.407 e. The molecule has 2 aromatic carbocycles. The highest BCUT2D eigenvalue weighted by Gasteiger charge is 2.33. The molecule has 0 aliphatic heterocycles. The van der Waals surface area contributed by atoms with Crippen LogP contribution in [-0.4, -0.2) is 65.7 Å². The molecule has 1 aliphatic rings. The van der Waals surface area contributed by atoms with E-state index in [0.717, 1.165) is 22.3 Å². The summed E-state index contributed by atoms with van der Waals surface area (Å²) >= 11 is 1.53. The fourth-order valence-corrected chi connectivity index (χ4v) is 4.68. The molecule has 7 nitrogen and oxygen atoms in total. The number of aliphatic carboxylic acids is 1. The van der Waals surface area contributed by atoms with Crippen molar-refractivity contribution in [2.24, 2.45) is 5.92 Å². The van der Waals surface area contributed by atoms with Crippen LogP contribution in [0.25, 0.3) is 11.1 Å². The normalized spacial score (nSPS) is 14.0. The van der Waals surface area contributed by atoms with E-state index in [1.165, 1.54) is 16.7 Å². The molecule has 0 aromatic heterocycles. The number of ether oxygens (including phenoxy) is 1. The van der Waals surface area contributed by atoms with Crippen molar-refractivity contribution >= 4 is 29.7 Å². The predicted octanol–water partition coefficient (Wildman–Crippen LogP) is 4.22. The Morgan fingerprint density at radius 3 is 2.21 bits per heavy atom. The molecule has 0 spiro atoms. The van der Waals surface area contributed by atoms with E-state index in [4.69, 9.17) is 4.74 Å². The lowest BCUT2D eigenvalue weighted by atomic mass is 9.97. The number of carbonyl (C=O) groups is 3. The Kier molecular flexibility index (Phi) is 8.98. The number of carboxylic acids is 1. The van der Waals surface area contributed by atoms with Gasteiger partial charge in [-0.2, -0.15) is 11.8 Å². The summed E-state index contributed by atoms with van der Waals surface area (Å²) in [6.45, 7) is 3.82. The molecule has 2 atom stereocenters. The Morgan fingerprint density at radius 1 is 1.09 bits per heavy atom. The molecule has 0 radical (unpaired) electrons. The summed E-state index contributed by atoms with van der Waals surface area (Å²) in [4.78, 5) is 38.6. The van der Waals surface area contributed by atoms with Crippen LogP contribution in [0.1, 0.15) is 37.3 Å². The standard InChI is InChI=1S/C26H32N2O5S/c1-4-17(2)24(25(31)28(13-14-34-3)15-23(29)30)27-26(32)33-16-22-20-11-7-5-9-18(20)19-10-6-8-12-21(19)22/h5-12,17,22,24H,4,13-16H2,1-3H3,(H,27,32)(H,29,30)/t17?,24-/m0/s1. The van der Waals surface area contributed by atoms with E-state index >= 15 is 0 Å². The molecule has 2 amide bonds. The van der Waals surface area contributed by atoms with Gasteiger partial charge < -0.3 is 20.1 Å². The first kappa shape index (κ1) is 25.6. The molecule has 2 N–H and O–H groups in total. The van der Waals surface area contributed by atoms with Gasteiger partial charge in [-0.3, -0.25) is 9.59 Å². The van der Waals surface area contributed by atoms with Gasteiger partial charge in [0.15, 0.2) is 0 Å². The monoisotopic (exact) mass is 484 g/mol. The fourth-order valence-electron chi connectivity index (χ4n) is 4.28. The van der Waals surface area contributed by atoms with E-state index in [1.807, 2.05) is 56.5 Å². The van der Waals surface area contributed by atoms with Gasteiger partial charge >= 0.3 is 12.1 Å². The van der Waals surface area contributed by atoms with Crippen molar-refractivity contribution in [3.8, 4) is 11.1 Å². The number of fused-ring (bicyclic) bond motifs is 3. The number of alkyl carbamates (subject to hydrolysis) is 1. The van der Waals surface area contributed by atoms with Crippen molar-refractivity contribution in [3.63, 3.8) is 0 Å². The number of amides is 2. The molecule has 0 saturated heterocycles. The van der Waals surface area contributed by atoms with Crippen molar-refractivity contribution in [1.82, 2.24) is 10.2 Å². The largest absolute Gasteiger partial charge is 0.480 e. The molecule has 34 heavy (non-hydrogen) atoms. The van der Waals surface area contributed by atoms with Gasteiger partial charge in [-0.25, -0.2) is 4.79 Å². The molecule has 3 rings (SSSR count). The maximum absolute atomic E-state index is 13.2. The Balaban J connectivity index is 1.71. The lowest BCUT2D eigenvalue weighted by Crippen LogP contribution is -2.53. The zero-order valence-corrected chi connectivity index (χ0v) is 20.6.